The van der Waals surface area contributed by atoms with Crippen molar-refractivity contribution in [2.75, 3.05) is 0 Å². The number of carbonyl (C=O) groups is 7. The number of rotatable bonds is 16. The quantitative estimate of drug-likeness (QED) is 0.0979. The predicted octanol–water partition coefficient (Wildman–Crippen LogP) is -4.18. The number of carboxylic acids is 1. The molecule has 1 aromatic rings. The first-order chi connectivity index (χ1) is 17.7. The number of nitrogens with two attached hydrogens (primary N) is 4. The number of hydrogen-bond donors (Lipinski definition) is 9. The van der Waals surface area contributed by atoms with E-state index in [9.17, 15) is 43.8 Å². The van der Waals surface area contributed by atoms with E-state index in [2.05, 4.69) is 16.0 Å². The summed E-state index contributed by atoms with van der Waals surface area (Å²) < 4.78 is 0. The number of benzene rings is 1. The zero-order valence-corrected chi connectivity index (χ0v) is 20.2. The maximum atomic E-state index is 13.0. The predicted molar refractivity (Wildman–Crippen MR) is 129 cm³/mol. The van der Waals surface area contributed by atoms with Crippen LogP contribution >= 0.6 is 0 Å². The fraction of sp³-hybridized carbons (Fsp3) is 0.409. The van der Waals surface area contributed by atoms with Crippen LogP contribution < -0.4 is 38.9 Å². The number of aromatic hydroxyl groups is 1. The molecule has 0 saturated heterocycles. The largest absolute Gasteiger partial charge is 0.508 e. The standard InChI is InChI=1S/C22H31N7O9/c23-12(8-17(25)32)19(34)28-15(9-18(26)33)21(36)29-14(7-10-1-3-11(30)4-2-10)20(35)27-13(22(37)38)5-6-16(24)31/h1-4,12-15,30H,5-9,23H2,(H2,24,31)(H2,25,32)(H2,26,33)(H,27,35)(H,28,34)(H,29,36)(H,37,38). The summed E-state index contributed by atoms with van der Waals surface area (Å²) in [5.41, 5.74) is 21.2. The van der Waals surface area contributed by atoms with Crippen LogP contribution in [0, 0.1) is 0 Å². The molecule has 13 N–H and O–H groups in total. The van der Waals surface area contributed by atoms with Gasteiger partial charge in [-0.2, -0.15) is 0 Å². The lowest BCUT2D eigenvalue weighted by Gasteiger charge is -2.25. The Labute approximate surface area is 216 Å². The molecule has 16 heteroatoms. The average molecular weight is 538 g/mol. The zero-order chi connectivity index (χ0) is 29.0. The maximum Gasteiger partial charge on any atom is 0.326 e. The molecule has 1 aromatic carbocycles. The first-order valence-electron chi connectivity index (χ1n) is 11.2. The molecule has 4 unspecified atom stereocenters. The van der Waals surface area contributed by atoms with E-state index in [1.807, 2.05) is 0 Å². The summed E-state index contributed by atoms with van der Waals surface area (Å²) >= 11 is 0. The van der Waals surface area contributed by atoms with Crippen LogP contribution in [0.1, 0.15) is 31.2 Å². The van der Waals surface area contributed by atoms with Gasteiger partial charge in [-0.15, -0.1) is 0 Å². The lowest BCUT2D eigenvalue weighted by atomic mass is 10.0. The van der Waals surface area contributed by atoms with Crippen LogP contribution in [0.2, 0.25) is 0 Å². The van der Waals surface area contributed by atoms with Crippen LogP contribution in [0.25, 0.3) is 0 Å². The van der Waals surface area contributed by atoms with Crippen LogP contribution in [-0.4, -0.2) is 75.8 Å². The number of hydrogen-bond acceptors (Lipinski definition) is 9. The summed E-state index contributed by atoms with van der Waals surface area (Å²) in [6.07, 6.45) is -2.13. The van der Waals surface area contributed by atoms with Gasteiger partial charge in [0.2, 0.25) is 35.4 Å². The molecule has 0 aliphatic heterocycles. The third-order valence-electron chi connectivity index (χ3n) is 5.10. The molecule has 0 aliphatic carbocycles. The number of aliphatic carboxylic acids is 1. The highest BCUT2D eigenvalue weighted by Crippen LogP contribution is 2.12. The molecule has 0 aromatic heterocycles. The Hall–Kier alpha value is -4.73. The van der Waals surface area contributed by atoms with Gasteiger partial charge in [0.05, 0.1) is 18.9 Å². The van der Waals surface area contributed by atoms with Crippen molar-refractivity contribution in [1.29, 1.82) is 0 Å². The Balaban J connectivity index is 3.18. The summed E-state index contributed by atoms with van der Waals surface area (Å²) in [5, 5.41) is 25.6. The number of primary amides is 3. The number of nitrogens with one attached hydrogen (secondary N) is 3. The van der Waals surface area contributed by atoms with E-state index >= 15 is 0 Å². The van der Waals surface area contributed by atoms with E-state index in [-0.39, 0.29) is 25.0 Å². The molecule has 0 radical (unpaired) electrons. The molecule has 4 atom stereocenters. The van der Waals surface area contributed by atoms with E-state index in [4.69, 9.17) is 22.9 Å². The van der Waals surface area contributed by atoms with Gasteiger partial charge in [0.15, 0.2) is 0 Å². The van der Waals surface area contributed by atoms with Gasteiger partial charge in [-0.3, -0.25) is 28.8 Å². The van der Waals surface area contributed by atoms with Gasteiger partial charge >= 0.3 is 5.97 Å². The third kappa shape index (κ3) is 11.3. The smallest absolute Gasteiger partial charge is 0.326 e. The monoisotopic (exact) mass is 537 g/mol. The van der Waals surface area contributed by atoms with Gasteiger partial charge in [-0.25, -0.2) is 4.79 Å². The molecule has 0 heterocycles. The summed E-state index contributed by atoms with van der Waals surface area (Å²) in [7, 11) is 0. The normalized spacial score (nSPS) is 13.7. The Morgan fingerprint density at radius 2 is 1.21 bits per heavy atom. The van der Waals surface area contributed by atoms with Crippen LogP contribution in [-0.2, 0) is 40.0 Å². The van der Waals surface area contributed by atoms with Crippen LogP contribution in [0.15, 0.2) is 24.3 Å². The minimum atomic E-state index is -1.61. The van der Waals surface area contributed by atoms with Crippen LogP contribution in [0.3, 0.4) is 0 Å². The van der Waals surface area contributed by atoms with Gasteiger partial charge in [0.1, 0.15) is 23.9 Å². The van der Waals surface area contributed by atoms with Crippen molar-refractivity contribution in [2.24, 2.45) is 22.9 Å². The Kier molecular flexibility index (Phi) is 12.1. The number of carboxylic acid groups (broad SMARTS) is 1. The second-order valence-electron chi connectivity index (χ2n) is 8.34. The van der Waals surface area contributed by atoms with Crippen molar-refractivity contribution >= 4 is 41.4 Å². The molecule has 0 spiro atoms. The Morgan fingerprint density at radius 3 is 1.71 bits per heavy atom. The Morgan fingerprint density at radius 1 is 0.711 bits per heavy atom. The molecule has 16 nitrogen and oxygen atoms in total. The van der Waals surface area contributed by atoms with Gasteiger partial charge in [-0.1, -0.05) is 12.1 Å². The van der Waals surface area contributed by atoms with E-state index in [1.165, 1.54) is 24.3 Å². The fourth-order valence-corrected chi connectivity index (χ4v) is 3.16. The van der Waals surface area contributed by atoms with E-state index in [0.717, 1.165) is 0 Å². The molecule has 208 valence electrons. The summed E-state index contributed by atoms with van der Waals surface area (Å²) in [5.74, 6) is -7.24. The Bertz CT molecular complexity index is 1060. The second-order valence-corrected chi connectivity index (χ2v) is 8.34. The molecule has 0 saturated carbocycles. The van der Waals surface area contributed by atoms with Crippen molar-refractivity contribution in [3.05, 3.63) is 29.8 Å². The molecule has 1 rings (SSSR count). The van der Waals surface area contributed by atoms with Gasteiger partial charge < -0.3 is 49.1 Å². The SMILES string of the molecule is NC(=O)CCC(NC(=O)C(Cc1ccc(O)cc1)NC(=O)C(CC(N)=O)NC(=O)C(N)CC(N)=O)C(=O)O. The minimum absolute atomic E-state index is 0.0762. The molecule has 38 heavy (non-hydrogen) atoms. The lowest BCUT2D eigenvalue weighted by Crippen LogP contribution is -2.58. The van der Waals surface area contributed by atoms with E-state index in [1.54, 1.807) is 0 Å². The molecule has 0 fully saturated rings. The second kappa shape index (κ2) is 14.7. The first-order valence-corrected chi connectivity index (χ1v) is 11.2. The van der Waals surface area contributed by atoms with Crippen molar-refractivity contribution in [3.63, 3.8) is 0 Å². The minimum Gasteiger partial charge on any atom is -0.508 e. The van der Waals surface area contributed by atoms with Crippen molar-refractivity contribution in [1.82, 2.24) is 16.0 Å². The van der Waals surface area contributed by atoms with E-state index in [0.29, 0.717) is 5.56 Å². The number of amides is 6. The molecule has 0 aliphatic rings. The number of phenols is 1. The number of phenolic OH excluding ortho intramolecular Hbond substituents is 1. The first kappa shape index (κ1) is 31.3. The highest BCUT2D eigenvalue weighted by molar-refractivity contribution is 5.97. The van der Waals surface area contributed by atoms with Gasteiger partial charge in [0, 0.05) is 12.8 Å². The fourth-order valence-electron chi connectivity index (χ4n) is 3.16. The van der Waals surface area contributed by atoms with Crippen molar-refractivity contribution in [3.8, 4) is 5.75 Å². The average Bonchev–Trinajstić information content (AvgIpc) is 2.80. The molecular formula is C22H31N7O9. The maximum absolute atomic E-state index is 13.0. The highest BCUT2D eigenvalue weighted by Gasteiger charge is 2.31. The molecular weight excluding hydrogens is 506 g/mol. The highest BCUT2D eigenvalue weighted by atomic mass is 16.4. The van der Waals surface area contributed by atoms with Crippen molar-refractivity contribution in [2.45, 2.75) is 56.3 Å². The van der Waals surface area contributed by atoms with Crippen molar-refractivity contribution < 1.29 is 43.8 Å². The van der Waals surface area contributed by atoms with Gasteiger partial charge in [-0.05, 0) is 24.1 Å². The molecule has 6 amide bonds. The summed E-state index contributed by atoms with van der Waals surface area (Å²) in [6, 6.07) is -0.516. The number of carbonyl (C=O) groups excluding carboxylic acids is 6. The van der Waals surface area contributed by atoms with Crippen LogP contribution in [0.5, 0.6) is 5.75 Å². The van der Waals surface area contributed by atoms with E-state index < -0.39 is 78.4 Å². The molecule has 0 bridgehead atoms. The summed E-state index contributed by atoms with van der Waals surface area (Å²) in [6.45, 7) is 0. The third-order valence-corrected chi connectivity index (χ3v) is 5.10. The topological polar surface area (TPSA) is 300 Å². The zero-order valence-electron chi connectivity index (χ0n) is 20.2. The van der Waals surface area contributed by atoms with Gasteiger partial charge in [0.25, 0.3) is 0 Å². The van der Waals surface area contributed by atoms with Crippen LogP contribution in [0.4, 0.5) is 0 Å². The lowest BCUT2D eigenvalue weighted by molar-refractivity contribution is -0.142. The summed E-state index contributed by atoms with van der Waals surface area (Å²) in [4.78, 5) is 83.4.